The van der Waals surface area contributed by atoms with Crippen LogP contribution in [0.3, 0.4) is 0 Å². The number of halogens is 1. The van der Waals surface area contributed by atoms with Crippen molar-refractivity contribution in [2.45, 2.75) is 25.0 Å². The normalized spacial score (nSPS) is 12.4. The number of nitrogens with one attached hydrogen (secondary N) is 2. The minimum Gasteiger partial charge on any atom is -0.494 e. The third kappa shape index (κ3) is 7.12. The maximum atomic E-state index is 11.8. The molecule has 8 heteroatoms. The van der Waals surface area contributed by atoms with Crippen LogP contribution in [0, 0.1) is 0 Å². The molecule has 0 aliphatic rings. The molecule has 2 aromatic rings. The van der Waals surface area contributed by atoms with Crippen LogP contribution in [-0.2, 0) is 9.84 Å². The average Bonchev–Trinajstić information content (AvgIpc) is 2.63. The van der Waals surface area contributed by atoms with Crippen molar-refractivity contribution in [2.24, 2.45) is 4.99 Å². The lowest BCUT2D eigenvalue weighted by Crippen LogP contribution is -2.47. The van der Waals surface area contributed by atoms with Gasteiger partial charge in [-0.15, -0.1) is 24.0 Å². The van der Waals surface area contributed by atoms with E-state index in [1.165, 1.54) is 11.6 Å². The summed E-state index contributed by atoms with van der Waals surface area (Å²) in [7, 11) is -1.49. The molecule has 0 saturated heterocycles. The fourth-order valence-corrected chi connectivity index (χ4v) is 2.71. The highest BCUT2D eigenvalue weighted by molar-refractivity contribution is 14.0. The molecular formula is C20H30IN3O3S. The molecule has 0 atom stereocenters. The van der Waals surface area contributed by atoms with Gasteiger partial charge in [0.1, 0.15) is 5.75 Å². The molecule has 0 amide bonds. The Morgan fingerprint density at radius 2 is 1.79 bits per heavy atom. The van der Waals surface area contributed by atoms with Crippen molar-refractivity contribution in [3.05, 3.63) is 42.5 Å². The first-order chi connectivity index (χ1) is 12.7. The molecule has 2 aromatic carbocycles. The summed E-state index contributed by atoms with van der Waals surface area (Å²) >= 11 is 0. The summed E-state index contributed by atoms with van der Waals surface area (Å²) in [5.41, 5.74) is 0. The Bertz CT molecular complexity index is 898. The van der Waals surface area contributed by atoms with E-state index in [2.05, 4.69) is 33.8 Å². The van der Waals surface area contributed by atoms with Gasteiger partial charge >= 0.3 is 0 Å². The molecule has 0 aliphatic carbocycles. The van der Waals surface area contributed by atoms with Crippen LogP contribution in [-0.4, -0.2) is 52.1 Å². The van der Waals surface area contributed by atoms with Gasteiger partial charge in [-0.25, -0.2) is 8.42 Å². The Morgan fingerprint density at radius 1 is 1.11 bits per heavy atom. The lowest BCUT2D eigenvalue weighted by atomic mass is 10.1. The third-order valence-corrected chi connectivity index (χ3v) is 6.66. The number of guanidine groups is 1. The molecule has 156 valence electrons. The van der Waals surface area contributed by atoms with E-state index >= 15 is 0 Å². The fourth-order valence-electron chi connectivity index (χ4n) is 2.37. The van der Waals surface area contributed by atoms with E-state index in [0.29, 0.717) is 25.7 Å². The number of sulfone groups is 1. The molecule has 0 aliphatic heterocycles. The second-order valence-corrected chi connectivity index (χ2v) is 9.74. The Hall–Kier alpha value is -1.55. The molecule has 0 unspecified atom stereocenters. The molecule has 0 fully saturated rings. The van der Waals surface area contributed by atoms with E-state index in [-0.39, 0.29) is 24.0 Å². The van der Waals surface area contributed by atoms with Gasteiger partial charge in [-0.2, -0.15) is 0 Å². The van der Waals surface area contributed by atoms with Crippen molar-refractivity contribution in [3.8, 4) is 5.75 Å². The molecule has 0 saturated carbocycles. The first kappa shape index (κ1) is 24.5. The van der Waals surface area contributed by atoms with E-state index < -0.39 is 14.6 Å². The quantitative estimate of drug-likeness (QED) is 0.243. The summed E-state index contributed by atoms with van der Waals surface area (Å²) in [6, 6.07) is 14.2. The second-order valence-electron chi connectivity index (χ2n) is 7.10. The standard InChI is InChI=1S/C20H29N3O3S.HI/c1-20(2,27(4,24)25)15-23-19(21-3)22-12-7-13-26-18-11-10-16-8-5-6-9-17(16)14-18;/h5-6,8-11,14H,7,12-13,15H2,1-4H3,(H2,21,22,23);1H. The van der Waals surface area contributed by atoms with Gasteiger partial charge in [-0.05, 0) is 43.2 Å². The van der Waals surface area contributed by atoms with Crippen molar-refractivity contribution < 1.29 is 13.2 Å². The number of benzene rings is 2. The molecule has 6 nitrogen and oxygen atoms in total. The second kappa shape index (κ2) is 10.8. The van der Waals surface area contributed by atoms with Crippen molar-refractivity contribution in [1.82, 2.24) is 10.6 Å². The van der Waals surface area contributed by atoms with E-state index in [1.807, 2.05) is 24.3 Å². The summed E-state index contributed by atoms with van der Waals surface area (Å²) in [6.07, 6.45) is 2.04. The zero-order chi connectivity index (χ0) is 19.9. The fraction of sp³-hybridized carbons (Fsp3) is 0.450. The minimum atomic E-state index is -3.15. The van der Waals surface area contributed by atoms with E-state index in [0.717, 1.165) is 17.6 Å². The maximum absolute atomic E-state index is 11.8. The molecule has 0 radical (unpaired) electrons. The molecule has 2 rings (SSSR count). The number of rotatable bonds is 8. The number of ether oxygens (including phenoxy) is 1. The smallest absolute Gasteiger partial charge is 0.191 e. The van der Waals surface area contributed by atoms with Crippen LogP contribution >= 0.6 is 24.0 Å². The van der Waals surface area contributed by atoms with Gasteiger partial charge in [-0.1, -0.05) is 30.3 Å². The highest BCUT2D eigenvalue weighted by Gasteiger charge is 2.30. The third-order valence-electron chi connectivity index (χ3n) is 4.51. The van der Waals surface area contributed by atoms with Gasteiger partial charge in [0.2, 0.25) is 0 Å². The Balaban J connectivity index is 0.00000392. The van der Waals surface area contributed by atoms with Crippen LogP contribution in [0.4, 0.5) is 0 Å². The first-order valence-corrected chi connectivity index (χ1v) is 10.9. The number of nitrogens with zero attached hydrogens (tertiary/aromatic N) is 1. The Kier molecular flexibility index (Phi) is 9.49. The van der Waals surface area contributed by atoms with Crippen molar-refractivity contribution >= 4 is 50.5 Å². The number of hydrogen-bond donors (Lipinski definition) is 2. The molecule has 28 heavy (non-hydrogen) atoms. The van der Waals surface area contributed by atoms with Gasteiger partial charge in [-0.3, -0.25) is 4.99 Å². The SMILES string of the molecule is CN=C(NCCCOc1ccc2ccccc2c1)NCC(C)(C)S(C)(=O)=O.I. The zero-order valence-corrected chi connectivity index (χ0v) is 20.0. The monoisotopic (exact) mass is 519 g/mol. The molecule has 0 heterocycles. The minimum absolute atomic E-state index is 0. The van der Waals surface area contributed by atoms with Crippen LogP contribution in [0.15, 0.2) is 47.5 Å². The molecule has 2 N–H and O–H groups in total. The van der Waals surface area contributed by atoms with Crippen molar-refractivity contribution in [2.75, 3.05) is 33.0 Å². The maximum Gasteiger partial charge on any atom is 0.191 e. The van der Waals surface area contributed by atoms with Gasteiger partial charge < -0.3 is 15.4 Å². The lowest BCUT2D eigenvalue weighted by Gasteiger charge is -2.24. The largest absolute Gasteiger partial charge is 0.494 e. The van der Waals surface area contributed by atoms with Crippen molar-refractivity contribution in [3.63, 3.8) is 0 Å². The summed E-state index contributed by atoms with van der Waals surface area (Å²) in [5.74, 6) is 1.43. The number of fused-ring (bicyclic) bond motifs is 1. The summed E-state index contributed by atoms with van der Waals surface area (Å²) in [4.78, 5) is 4.12. The predicted molar refractivity (Wildman–Crippen MR) is 128 cm³/mol. The highest BCUT2D eigenvalue weighted by atomic mass is 127. The van der Waals surface area contributed by atoms with Crippen LogP contribution < -0.4 is 15.4 Å². The molecular weight excluding hydrogens is 489 g/mol. The van der Waals surface area contributed by atoms with Gasteiger partial charge in [0.25, 0.3) is 0 Å². The van der Waals surface area contributed by atoms with Crippen LogP contribution in [0.25, 0.3) is 10.8 Å². The van der Waals surface area contributed by atoms with Crippen molar-refractivity contribution in [1.29, 1.82) is 0 Å². The van der Waals surface area contributed by atoms with Crippen LogP contribution in [0.1, 0.15) is 20.3 Å². The van der Waals surface area contributed by atoms with E-state index in [1.54, 1.807) is 20.9 Å². The molecule has 0 spiro atoms. The highest BCUT2D eigenvalue weighted by Crippen LogP contribution is 2.20. The average molecular weight is 519 g/mol. The first-order valence-electron chi connectivity index (χ1n) is 8.99. The summed E-state index contributed by atoms with van der Waals surface area (Å²) < 4.78 is 28.5. The topological polar surface area (TPSA) is 79.8 Å². The molecule has 0 bridgehead atoms. The van der Waals surface area contributed by atoms with E-state index in [4.69, 9.17) is 4.74 Å². The van der Waals surface area contributed by atoms with E-state index in [9.17, 15) is 8.42 Å². The Morgan fingerprint density at radius 3 is 2.43 bits per heavy atom. The summed E-state index contributed by atoms with van der Waals surface area (Å²) in [6.45, 7) is 4.93. The van der Waals surface area contributed by atoms with Gasteiger partial charge in [0, 0.05) is 26.4 Å². The number of hydrogen-bond acceptors (Lipinski definition) is 4. The Labute approximate surface area is 185 Å². The molecule has 0 aromatic heterocycles. The van der Waals surface area contributed by atoms with Crippen LogP contribution in [0.2, 0.25) is 0 Å². The zero-order valence-electron chi connectivity index (χ0n) is 16.9. The van der Waals surface area contributed by atoms with Gasteiger partial charge in [0.15, 0.2) is 15.8 Å². The van der Waals surface area contributed by atoms with Crippen LogP contribution in [0.5, 0.6) is 5.75 Å². The summed E-state index contributed by atoms with van der Waals surface area (Å²) in [5, 5.41) is 8.59. The lowest BCUT2D eigenvalue weighted by molar-refractivity contribution is 0.311. The predicted octanol–water partition coefficient (Wildman–Crippen LogP) is 3.21. The van der Waals surface area contributed by atoms with Gasteiger partial charge in [0.05, 0.1) is 11.4 Å². The number of aliphatic imine (C=N–C) groups is 1.